The monoisotopic (exact) mass is 237 g/mol. The van der Waals surface area contributed by atoms with Crippen molar-refractivity contribution in [2.45, 2.75) is 58.8 Å². The first-order chi connectivity index (χ1) is 8.20. The second kappa shape index (κ2) is 6.22. The van der Waals surface area contributed by atoms with E-state index < -0.39 is 0 Å². The molecule has 0 aromatic heterocycles. The fraction of sp³-hybridized carbons (Fsp3) is 1.00. The zero-order valence-corrected chi connectivity index (χ0v) is 12.0. The maximum Gasteiger partial charge on any atom is -0.00208 e. The lowest BCUT2D eigenvalue weighted by Gasteiger charge is -2.42. The predicted molar refractivity (Wildman–Crippen MR) is 75.0 cm³/mol. The smallest absolute Gasteiger partial charge is 0.00208 e. The van der Waals surface area contributed by atoms with E-state index in [1.165, 1.54) is 51.5 Å². The molecule has 2 saturated carbocycles. The second-order valence-corrected chi connectivity index (χ2v) is 6.92. The molecule has 2 aliphatic rings. The molecule has 3 atom stereocenters. The van der Waals surface area contributed by atoms with Crippen molar-refractivity contribution in [2.24, 2.45) is 29.6 Å². The van der Waals surface area contributed by atoms with Crippen LogP contribution in [0.15, 0.2) is 0 Å². The van der Waals surface area contributed by atoms with Crippen LogP contribution >= 0.6 is 0 Å². The Hall–Kier alpha value is -0.0400. The van der Waals surface area contributed by atoms with Crippen molar-refractivity contribution in [2.75, 3.05) is 13.6 Å². The van der Waals surface area contributed by atoms with Gasteiger partial charge in [0.05, 0.1) is 0 Å². The molecule has 0 saturated heterocycles. The van der Waals surface area contributed by atoms with E-state index in [-0.39, 0.29) is 0 Å². The molecule has 0 bridgehead atoms. The minimum Gasteiger partial charge on any atom is -0.319 e. The van der Waals surface area contributed by atoms with Crippen LogP contribution in [0.2, 0.25) is 0 Å². The average molecular weight is 237 g/mol. The van der Waals surface area contributed by atoms with Crippen LogP contribution in [0.5, 0.6) is 0 Å². The maximum absolute atomic E-state index is 3.43. The van der Waals surface area contributed by atoms with Gasteiger partial charge in [-0.05, 0) is 68.9 Å². The van der Waals surface area contributed by atoms with Crippen molar-refractivity contribution in [3.8, 4) is 0 Å². The normalized spacial score (nSPS) is 43.6. The summed E-state index contributed by atoms with van der Waals surface area (Å²) in [5.74, 6) is 5.02. The number of hydrogen-bond donors (Lipinski definition) is 1. The number of rotatable bonds is 3. The molecule has 0 radical (unpaired) electrons. The first-order valence-electron chi connectivity index (χ1n) is 7.85. The molecule has 2 rings (SSSR count). The van der Waals surface area contributed by atoms with Crippen LogP contribution in [0.3, 0.4) is 0 Å². The van der Waals surface area contributed by atoms with Crippen molar-refractivity contribution in [3.05, 3.63) is 0 Å². The van der Waals surface area contributed by atoms with E-state index in [9.17, 15) is 0 Å². The third-order valence-electron chi connectivity index (χ3n) is 5.44. The summed E-state index contributed by atoms with van der Waals surface area (Å²) in [6, 6.07) is 0. The van der Waals surface area contributed by atoms with Gasteiger partial charge in [-0.3, -0.25) is 0 Å². The molecule has 17 heavy (non-hydrogen) atoms. The summed E-state index contributed by atoms with van der Waals surface area (Å²) in [7, 11) is 2.12. The molecule has 100 valence electrons. The Morgan fingerprint density at radius 2 is 1.53 bits per heavy atom. The minimum atomic E-state index is 0.967. The second-order valence-electron chi connectivity index (χ2n) is 6.92. The third-order valence-corrected chi connectivity index (χ3v) is 5.44. The van der Waals surface area contributed by atoms with Crippen LogP contribution in [0.25, 0.3) is 0 Å². The summed E-state index contributed by atoms with van der Waals surface area (Å²) in [5.41, 5.74) is 0. The van der Waals surface area contributed by atoms with Crippen molar-refractivity contribution < 1.29 is 0 Å². The molecule has 1 nitrogen and oxygen atoms in total. The lowest BCUT2D eigenvalue weighted by atomic mass is 9.64. The van der Waals surface area contributed by atoms with Crippen molar-refractivity contribution >= 4 is 0 Å². The molecule has 0 aromatic rings. The summed E-state index contributed by atoms with van der Waals surface area (Å²) >= 11 is 0. The van der Waals surface area contributed by atoms with Gasteiger partial charge >= 0.3 is 0 Å². The zero-order valence-electron chi connectivity index (χ0n) is 12.0. The van der Waals surface area contributed by atoms with Gasteiger partial charge in [-0.2, -0.15) is 0 Å². The van der Waals surface area contributed by atoms with E-state index in [1.807, 2.05) is 0 Å². The van der Waals surface area contributed by atoms with Crippen LogP contribution < -0.4 is 5.32 Å². The van der Waals surface area contributed by atoms with Gasteiger partial charge in [0.15, 0.2) is 0 Å². The van der Waals surface area contributed by atoms with Gasteiger partial charge in [-0.15, -0.1) is 0 Å². The molecule has 2 fully saturated rings. The van der Waals surface area contributed by atoms with Gasteiger partial charge in [0.2, 0.25) is 0 Å². The molecule has 1 heteroatoms. The van der Waals surface area contributed by atoms with Crippen LogP contribution in [-0.4, -0.2) is 13.6 Å². The summed E-state index contributed by atoms with van der Waals surface area (Å²) in [4.78, 5) is 0. The number of nitrogens with one attached hydrogen (secondary N) is 1. The minimum absolute atomic E-state index is 0.967. The molecule has 0 aromatic carbocycles. The van der Waals surface area contributed by atoms with Crippen LogP contribution in [0, 0.1) is 29.6 Å². The molecule has 3 unspecified atom stereocenters. The molecular weight excluding hydrogens is 206 g/mol. The Morgan fingerprint density at radius 3 is 2.18 bits per heavy atom. The van der Waals surface area contributed by atoms with Gasteiger partial charge in [-0.25, -0.2) is 0 Å². The van der Waals surface area contributed by atoms with Crippen molar-refractivity contribution in [3.63, 3.8) is 0 Å². The van der Waals surface area contributed by atoms with E-state index in [2.05, 4.69) is 26.2 Å². The lowest BCUT2D eigenvalue weighted by molar-refractivity contribution is 0.0919. The van der Waals surface area contributed by atoms with E-state index in [1.54, 1.807) is 0 Å². The highest BCUT2D eigenvalue weighted by atomic mass is 14.8. The molecular formula is C16H31N. The molecule has 0 spiro atoms. The highest BCUT2D eigenvalue weighted by molar-refractivity contribution is 4.86. The highest BCUT2D eigenvalue weighted by Crippen LogP contribution is 2.44. The highest BCUT2D eigenvalue weighted by Gasteiger charge is 2.35. The molecule has 0 heterocycles. The van der Waals surface area contributed by atoms with Crippen LogP contribution in [-0.2, 0) is 0 Å². The third kappa shape index (κ3) is 3.47. The number of hydrogen-bond acceptors (Lipinski definition) is 1. The Morgan fingerprint density at radius 1 is 0.882 bits per heavy atom. The molecule has 0 amide bonds. The fourth-order valence-corrected chi connectivity index (χ4v) is 4.29. The van der Waals surface area contributed by atoms with Gasteiger partial charge in [-0.1, -0.05) is 33.1 Å². The summed E-state index contributed by atoms with van der Waals surface area (Å²) < 4.78 is 0. The first kappa shape index (κ1) is 13.4. The molecule has 0 aliphatic heterocycles. The summed E-state index contributed by atoms with van der Waals surface area (Å²) in [6.07, 6.45) is 10.4. The van der Waals surface area contributed by atoms with Crippen molar-refractivity contribution in [1.29, 1.82) is 0 Å². The Labute approximate surface area is 108 Å². The van der Waals surface area contributed by atoms with Crippen molar-refractivity contribution in [1.82, 2.24) is 5.32 Å². The van der Waals surface area contributed by atoms with Crippen LogP contribution in [0.1, 0.15) is 58.8 Å². The molecule has 1 N–H and O–H groups in total. The largest absolute Gasteiger partial charge is 0.319 e. The van der Waals surface area contributed by atoms with Gasteiger partial charge in [0, 0.05) is 0 Å². The lowest BCUT2D eigenvalue weighted by Crippen LogP contribution is -2.36. The summed E-state index contributed by atoms with van der Waals surface area (Å²) in [6.45, 7) is 6.16. The average Bonchev–Trinajstić information content (AvgIpc) is 2.33. The first-order valence-corrected chi connectivity index (χ1v) is 7.85. The van der Waals surface area contributed by atoms with E-state index >= 15 is 0 Å². The van der Waals surface area contributed by atoms with Gasteiger partial charge < -0.3 is 5.32 Å². The van der Waals surface area contributed by atoms with E-state index in [0.717, 1.165) is 29.6 Å². The standard InChI is InChI=1S/C16H31N/c1-12-4-7-14(8-5-12)16-10-13(2)6-9-15(16)11-17-3/h12-17H,4-11H2,1-3H3. The Balaban J connectivity index is 1.94. The SMILES string of the molecule is CNCC1CCC(C)CC1C1CCC(C)CC1. The van der Waals surface area contributed by atoms with E-state index in [0.29, 0.717) is 0 Å². The fourth-order valence-electron chi connectivity index (χ4n) is 4.29. The molecule has 2 aliphatic carbocycles. The van der Waals surface area contributed by atoms with Crippen LogP contribution in [0.4, 0.5) is 0 Å². The Kier molecular flexibility index (Phi) is 4.90. The quantitative estimate of drug-likeness (QED) is 0.780. The van der Waals surface area contributed by atoms with Gasteiger partial charge in [0.25, 0.3) is 0 Å². The zero-order chi connectivity index (χ0) is 12.3. The summed E-state index contributed by atoms with van der Waals surface area (Å²) in [5, 5.41) is 3.43. The topological polar surface area (TPSA) is 12.0 Å². The van der Waals surface area contributed by atoms with Gasteiger partial charge in [0.1, 0.15) is 0 Å². The predicted octanol–water partition coefficient (Wildman–Crippen LogP) is 4.08. The van der Waals surface area contributed by atoms with E-state index in [4.69, 9.17) is 0 Å². The Bertz CT molecular complexity index is 218. The maximum atomic E-state index is 3.43.